The van der Waals surface area contributed by atoms with Crippen LogP contribution >= 0.6 is 0 Å². The van der Waals surface area contributed by atoms with Gasteiger partial charge in [-0.1, -0.05) is 0 Å². The molecule has 6 heteroatoms. The van der Waals surface area contributed by atoms with Crippen LogP contribution in [0.25, 0.3) is 0 Å². The number of carbonyl (C=O) groups excluding carboxylic acids is 2. The average Bonchev–Trinajstić information content (AvgIpc) is 2.02. The van der Waals surface area contributed by atoms with Gasteiger partial charge in [0, 0.05) is 7.11 Å². The van der Waals surface area contributed by atoms with Crippen LogP contribution in [-0.4, -0.2) is 30.5 Å². The van der Waals surface area contributed by atoms with E-state index in [-0.39, 0.29) is 0 Å². The summed E-state index contributed by atoms with van der Waals surface area (Å²) in [5.74, 6) is -2.94. The van der Waals surface area contributed by atoms with Gasteiger partial charge in [-0.05, 0) is 13.8 Å². The Labute approximate surface area is 79.2 Å². The summed E-state index contributed by atoms with van der Waals surface area (Å²) < 4.78 is 39.9. The summed E-state index contributed by atoms with van der Waals surface area (Å²) in [6.07, 6.45) is -6.14. The molecule has 0 radical (unpaired) electrons. The van der Waals surface area contributed by atoms with Gasteiger partial charge < -0.3 is 4.74 Å². The Morgan fingerprint density at radius 1 is 1.14 bits per heavy atom. The van der Waals surface area contributed by atoms with Gasteiger partial charge in [-0.2, -0.15) is 13.2 Å². The molecule has 0 saturated carbocycles. The van der Waals surface area contributed by atoms with E-state index in [0.717, 1.165) is 0 Å². The summed E-state index contributed by atoms with van der Waals surface area (Å²) in [4.78, 5) is 21.5. The second-order valence-electron chi connectivity index (χ2n) is 3.24. The number of ketones is 2. The lowest BCUT2D eigenvalue weighted by Gasteiger charge is -2.20. The lowest BCUT2D eigenvalue weighted by atomic mass is 9.99. The number of hydrogen-bond acceptors (Lipinski definition) is 3. The number of ether oxygens (including phenoxy) is 1. The van der Waals surface area contributed by atoms with Crippen LogP contribution in [0.15, 0.2) is 0 Å². The summed E-state index contributed by atoms with van der Waals surface area (Å²) in [6, 6.07) is 0. The van der Waals surface area contributed by atoms with Crippen molar-refractivity contribution < 1.29 is 27.5 Å². The monoisotopic (exact) mass is 212 g/mol. The van der Waals surface area contributed by atoms with Gasteiger partial charge in [-0.3, -0.25) is 9.59 Å². The Kier molecular flexibility index (Phi) is 3.81. The van der Waals surface area contributed by atoms with Crippen molar-refractivity contribution in [2.24, 2.45) is 0 Å². The van der Waals surface area contributed by atoms with Crippen molar-refractivity contribution in [3.63, 3.8) is 0 Å². The molecule has 0 N–H and O–H groups in total. The van der Waals surface area contributed by atoms with Crippen molar-refractivity contribution in [3.05, 3.63) is 0 Å². The molecule has 0 amide bonds. The van der Waals surface area contributed by atoms with Crippen LogP contribution < -0.4 is 0 Å². The fraction of sp³-hybridized carbons (Fsp3) is 0.750. The predicted octanol–water partition coefficient (Wildman–Crippen LogP) is 1.50. The smallest absolute Gasteiger partial charge is 0.371 e. The molecule has 0 rings (SSSR count). The van der Waals surface area contributed by atoms with Crippen molar-refractivity contribution in [1.82, 2.24) is 0 Å². The topological polar surface area (TPSA) is 43.4 Å². The Morgan fingerprint density at radius 2 is 1.57 bits per heavy atom. The second-order valence-corrected chi connectivity index (χ2v) is 3.24. The Balaban J connectivity index is 4.43. The maximum atomic E-state index is 11.8. The molecule has 0 fully saturated rings. The van der Waals surface area contributed by atoms with Crippen molar-refractivity contribution >= 4 is 11.6 Å². The molecule has 0 aromatic carbocycles. The molecule has 0 aromatic heterocycles. The molecule has 3 nitrogen and oxygen atoms in total. The Morgan fingerprint density at radius 3 is 1.86 bits per heavy atom. The molecule has 0 aromatic rings. The van der Waals surface area contributed by atoms with Crippen LogP contribution in [0, 0.1) is 0 Å². The van der Waals surface area contributed by atoms with E-state index in [2.05, 4.69) is 4.74 Å². The highest BCUT2D eigenvalue weighted by atomic mass is 19.4. The molecular weight excluding hydrogens is 201 g/mol. The third-order valence-corrected chi connectivity index (χ3v) is 1.82. The zero-order valence-corrected chi connectivity index (χ0v) is 8.07. The maximum absolute atomic E-state index is 11.8. The van der Waals surface area contributed by atoms with Gasteiger partial charge in [0.25, 0.3) is 0 Å². The zero-order valence-electron chi connectivity index (χ0n) is 8.07. The first-order valence-corrected chi connectivity index (χ1v) is 3.79. The minimum absolute atomic E-state index is 0.887. The standard InChI is InChI=1S/C8H11F3O3/c1-7(2,14-3)5(12)4-6(13)8(9,10)11/h4H2,1-3H3. The molecule has 0 atom stereocenters. The number of carbonyl (C=O) groups is 2. The molecule has 0 bridgehead atoms. The summed E-state index contributed by atoms with van der Waals surface area (Å²) in [7, 11) is 1.19. The van der Waals surface area contributed by atoms with E-state index in [1.165, 1.54) is 21.0 Å². The lowest BCUT2D eigenvalue weighted by Crippen LogP contribution is -2.37. The van der Waals surface area contributed by atoms with E-state index in [1.807, 2.05) is 0 Å². The summed E-state index contributed by atoms with van der Waals surface area (Å²) in [5, 5.41) is 0. The first-order valence-electron chi connectivity index (χ1n) is 3.79. The van der Waals surface area contributed by atoms with Crippen molar-refractivity contribution in [2.45, 2.75) is 32.0 Å². The maximum Gasteiger partial charge on any atom is 0.450 e. The van der Waals surface area contributed by atoms with Gasteiger partial charge in [-0.25, -0.2) is 0 Å². The van der Waals surface area contributed by atoms with E-state index in [0.29, 0.717) is 0 Å². The molecule has 0 aliphatic rings. The number of methoxy groups -OCH3 is 1. The molecule has 0 unspecified atom stereocenters. The average molecular weight is 212 g/mol. The van der Waals surface area contributed by atoms with Crippen molar-refractivity contribution in [3.8, 4) is 0 Å². The number of rotatable bonds is 4. The summed E-state index contributed by atoms with van der Waals surface area (Å²) >= 11 is 0. The molecule has 0 heterocycles. The third-order valence-electron chi connectivity index (χ3n) is 1.82. The normalized spacial score (nSPS) is 12.7. The second kappa shape index (κ2) is 4.08. The fourth-order valence-corrected chi connectivity index (χ4v) is 0.573. The van der Waals surface area contributed by atoms with Gasteiger partial charge in [0.1, 0.15) is 5.60 Å². The summed E-state index contributed by atoms with van der Waals surface area (Å²) in [6.45, 7) is 2.61. The van der Waals surface area contributed by atoms with Crippen molar-refractivity contribution in [1.29, 1.82) is 0 Å². The van der Waals surface area contributed by atoms with E-state index < -0.39 is 29.8 Å². The van der Waals surface area contributed by atoms with Crippen molar-refractivity contribution in [2.75, 3.05) is 7.11 Å². The van der Waals surface area contributed by atoms with Crippen LogP contribution in [0.3, 0.4) is 0 Å². The minimum atomic E-state index is -4.96. The highest BCUT2D eigenvalue weighted by Gasteiger charge is 2.41. The molecule has 0 saturated heterocycles. The Bertz CT molecular complexity index is 243. The number of Topliss-reactive ketones (excluding diaryl/α,β-unsaturated/α-hetero) is 2. The SMILES string of the molecule is COC(C)(C)C(=O)CC(=O)C(F)(F)F. The van der Waals surface area contributed by atoms with Gasteiger partial charge in [0.05, 0.1) is 6.42 Å². The zero-order chi connectivity index (χ0) is 11.6. The quantitative estimate of drug-likeness (QED) is 0.663. The van der Waals surface area contributed by atoms with Gasteiger partial charge in [0.15, 0.2) is 5.78 Å². The third kappa shape index (κ3) is 3.45. The first-order chi connectivity index (χ1) is 6.11. The lowest BCUT2D eigenvalue weighted by molar-refractivity contribution is -0.173. The van der Waals surface area contributed by atoms with Crippen LogP contribution in [0.5, 0.6) is 0 Å². The van der Waals surface area contributed by atoms with E-state index in [9.17, 15) is 22.8 Å². The van der Waals surface area contributed by atoms with Crippen LogP contribution in [-0.2, 0) is 14.3 Å². The molecule has 0 aliphatic heterocycles. The van der Waals surface area contributed by atoms with Gasteiger partial charge in [-0.15, -0.1) is 0 Å². The molecule has 14 heavy (non-hydrogen) atoms. The van der Waals surface area contributed by atoms with Gasteiger partial charge >= 0.3 is 6.18 Å². The largest absolute Gasteiger partial charge is 0.450 e. The molecule has 0 aliphatic carbocycles. The first kappa shape index (κ1) is 13.1. The van der Waals surface area contributed by atoms with E-state index >= 15 is 0 Å². The van der Waals surface area contributed by atoms with E-state index in [4.69, 9.17) is 0 Å². The Hall–Kier alpha value is -0.910. The predicted molar refractivity (Wildman–Crippen MR) is 41.8 cm³/mol. The number of halogens is 3. The molecule has 0 spiro atoms. The van der Waals surface area contributed by atoms with Gasteiger partial charge in [0.2, 0.25) is 5.78 Å². The highest BCUT2D eigenvalue weighted by molar-refractivity contribution is 6.04. The van der Waals surface area contributed by atoms with Crippen LogP contribution in [0.1, 0.15) is 20.3 Å². The highest BCUT2D eigenvalue weighted by Crippen LogP contribution is 2.20. The number of alkyl halides is 3. The summed E-state index contributed by atoms with van der Waals surface area (Å²) in [5.41, 5.74) is -1.36. The van der Waals surface area contributed by atoms with Crippen LogP contribution in [0.4, 0.5) is 13.2 Å². The molecular formula is C8H11F3O3. The number of hydrogen-bond donors (Lipinski definition) is 0. The fourth-order valence-electron chi connectivity index (χ4n) is 0.573. The van der Waals surface area contributed by atoms with E-state index in [1.54, 1.807) is 0 Å². The molecule has 82 valence electrons. The minimum Gasteiger partial charge on any atom is -0.371 e. The van der Waals surface area contributed by atoms with Crippen LogP contribution in [0.2, 0.25) is 0 Å².